The maximum Gasteiger partial charge on any atom is 0.243 e. The molecule has 2 aliphatic rings. The summed E-state index contributed by atoms with van der Waals surface area (Å²) in [4.78, 5) is 27.8. The van der Waals surface area contributed by atoms with Crippen molar-refractivity contribution in [3.8, 4) is 5.75 Å². The summed E-state index contributed by atoms with van der Waals surface area (Å²) in [7, 11) is -3.73. The van der Waals surface area contributed by atoms with Crippen molar-refractivity contribution in [2.24, 2.45) is 11.3 Å². The third kappa shape index (κ3) is 6.28. The molecule has 0 radical (unpaired) electrons. The topological polar surface area (TPSA) is 105 Å². The molecule has 1 aromatic rings. The first-order chi connectivity index (χ1) is 15.9. The molecule has 1 unspecified atom stereocenters. The number of morpholine rings is 1. The first kappa shape index (κ1) is 26.4. The van der Waals surface area contributed by atoms with Gasteiger partial charge in [0.1, 0.15) is 5.75 Å². The zero-order valence-corrected chi connectivity index (χ0v) is 21.6. The van der Waals surface area contributed by atoms with Crippen molar-refractivity contribution in [2.75, 3.05) is 44.7 Å². The molecule has 10 heteroatoms. The van der Waals surface area contributed by atoms with Crippen molar-refractivity contribution in [3.05, 3.63) is 18.2 Å². The Hall–Kier alpha value is -2.17. The fourth-order valence-electron chi connectivity index (χ4n) is 4.14. The van der Waals surface area contributed by atoms with Crippen molar-refractivity contribution < 1.29 is 27.5 Å². The number of amides is 2. The lowest BCUT2D eigenvalue weighted by atomic mass is 9.91. The highest BCUT2D eigenvalue weighted by molar-refractivity contribution is 7.89. The molecule has 2 fully saturated rings. The molecule has 9 nitrogen and oxygen atoms in total. The van der Waals surface area contributed by atoms with E-state index in [1.54, 1.807) is 11.0 Å². The van der Waals surface area contributed by atoms with Crippen molar-refractivity contribution in [1.29, 1.82) is 0 Å². The van der Waals surface area contributed by atoms with E-state index in [1.807, 2.05) is 34.6 Å². The lowest BCUT2D eigenvalue weighted by Crippen LogP contribution is -2.47. The summed E-state index contributed by atoms with van der Waals surface area (Å²) in [6.07, 6.45) is 1.24. The van der Waals surface area contributed by atoms with E-state index < -0.39 is 15.4 Å². The van der Waals surface area contributed by atoms with E-state index in [9.17, 15) is 18.0 Å². The number of likely N-dealkylation sites (tertiary alicyclic amines) is 1. The van der Waals surface area contributed by atoms with E-state index >= 15 is 0 Å². The third-order valence-electron chi connectivity index (χ3n) is 5.90. The zero-order chi connectivity index (χ0) is 25.1. The molecule has 0 aromatic heterocycles. The second-order valence-corrected chi connectivity index (χ2v) is 12.1. The van der Waals surface area contributed by atoms with Crippen LogP contribution in [-0.2, 0) is 24.3 Å². The highest BCUT2D eigenvalue weighted by Crippen LogP contribution is 2.32. The quantitative estimate of drug-likeness (QED) is 0.651. The van der Waals surface area contributed by atoms with E-state index in [1.165, 1.54) is 16.4 Å². The first-order valence-electron chi connectivity index (χ1n) is 11.9. The van der Waals surface area contributed by atoms with Gasteiger partial charge in [-0.25, -0.2) is 8.42 Å². The second kappa shape index (κ2) is 10.6. The molecular weight excluding hydrogens is 458 g/mol. The average Bonchev–Trinajstić information content (AvgIpc) is 2.79. The second-order valence-electron chi connectivity index (χ2n) is 10.2. The summed E-state index contributed by atoms with van der Waals surface area (Å²) < 4.78 is 38.8. The maximum absolute atomic E-state index is 13.2. The molecule has 2 saturated heterocycles. The van der Waals surface area contributed by atoms with Gasteiger partial charge in [-0.3, -0.25) is 9.59 Å². The predicted molar refractivity (Wildman–Crippen MR) is 129 cm³/mol. The van der Waals surface area contributed by atoms with Gasteiger partial charge in [0.05, 0.1) is 35.8 Å². The van der Waals surface area contributed by atoms with Crippen LogP contribution < -0.4 is 10.1 Å². The molecule has 2 aliphatic heterocycles. The van der Waals surface area contributed by atoms with Gasteiger partial charge in [-0.2, -0.15) is 4.31 Å². The summed E-state index contributed by atoms with van der Waals surface area (Å²) in [5.41, 5.74) is -0.203. The number of benzene rings is 1. The maximum atomic E-state index is 13.2. The van der Waals surface area contributed by atoms with Gasteiger partial charge in [-0.05, 0) is 44.9 Å². The van der Waals surface area contributed by atoms with Gasteiger partial charge in [0.2, 0.25) is 21.8 Å². The third-order valence-corrected chi connectivity index (χ3v) is 7.80. The van der Waals surface area contributed by atoms with E-state index in [-0.39, 0.29) is 41.8 Å². The Morgan fingerprint density at radius 3 is 2.44 bits per heavy atom. The van der Waals surface area contributed by atoms with Crippen molar-refractivity contribution in [2.45, 2.75) is 58.5 Å². The minimum atomic E-state index is -3.73. The molecular formula is C24H37N3O6S. The van der Waals surface area contributed by atoms with Crippen LogP contribution in [0.5, 0.6) is 5.75 Å². The Kier molecular flexibility index (Phi) is 8.26. The SMILES string of the molecule is CC(C)Oc1ccc(S(=O)(=O)N2CCOCC2)cc1NC(=O)C1CCCN(C(=O)C(C)(C)C)C1. The molecule has 0 aliphatic carbocycles. The van der Waals surface area contributed by atoms with Gasteiger partial charge in [-0.1, -0.05) is 20.8 Å². The van der Waals surface area contributed by atoms with Crippen LogP contribution in [-0.4, -0.2) is 74.9 Å². The number of nitrogens with one attached hydrogen (secondary N) is 1. The van der Waals surface area contributed by atoms with Crippen LogP contribution >= 0.6 is 0 Å². The Balaban J connectivity index is 1.83. The molecule has 34 heavy (non-hydrogen) atoms. The fraction of sp³-hybridized carbons (Fsp3) is 0.667. The van der Waals surface area contributed by atoms with E-state index in [0.717, 1.165) is 6.42 Å². The minimum absolute atomic E-state index is 0.0208. The van der Waals surface area contributed by atoms with Gasteiger partial charge < -0.3 is 19.7 Å². The molecule has 1 atom stereocenters. The van der Waals surface area contributed by atoms with Crippen molar-refractivity contribution in [3.63, 3.8) is 0 Å². The summed E-state index contributed by atoms with van der Waals surface area (Å²) in [6.45, 7) is 11.6. The van der Waals surface area contributed by atoms with Crippen LogP contribution in [0, 0.1) is 11.3 Å². The van der Waals surface area contributed by atoms with Crippen LogP contribution in [0.15, 0.2) is 23.1 Å². The summed E-state index contributed by atoms with van der Waals surface area (Å²) >= 11 is 0. The van der Waals surface area contributed by atoms with Crippen molar-refractivity contribution in [1.82, 2.24) is 9.21 Å². The number of rotatable bonds is 6. The first-order valence-corrected chi connectivity index (χ1v) is 13.3. The molecule has 0 saturated carbocycles. The molecule has 0 spiro atoms. The molecule has 3 rings (SSSR count). The number of hydrogen-bond acceptors (Lipinski definition) is 6. The lowest BCUT2D eigenvalue weighted by Gasteiger charge is -2.36. The summed E-state index contributed by atoms with van der Waals surface area (Å²) in [6, 6.07) is 4.54. The molecule has 1 N–H and O–H groups in total. The molecule has 0 bridgehead atoms. The predicted octanol–water partition coefficient (Wildman–Crippen LogP) is 2.72. The molecule has 1 aromatic carbocycles. The highest BCUT2D eigenvalue weighted by Gasteiger charge is 2.34. The number of hydrogen-bond donors (Lipinski definition) is 1. The monoisotopic (exact) mass is 495 g/mol. The van der Waals surface area contributed by atoms with E-state index in [0.29, 0.717) is 44.2 Å². The van der Waals surface area contributed by atoms with Gasteiger partial charge >= 0.3 is 0 Å². The number of carbonyl (C=O) groups is 2. The lowest BCUT2D eigenvalue weighted by molar-refractivity contribution is -0.142. The van der Waals surface area contributed by atoms with E-state index in [2.05, 4.69) is 5.32 Å². The fourth-order valence-corrected chi connectivity index (χ4v) is 5.58. The smallest absolute Gasteiger partial charge is 0.243 e. The summed E-state index contributed by atoms with van der Waals surface area (Å²) in [5, 5.41) is 2.89. The Morgan fingerprint density at radius 2 is 1.82 bits per heavy atom. The van der Waals surface area contributed by atoms with Crippen LogP contribution in [0.25, 0.3) is 0 Å². The number of ether oxygens (including phenoxy) is 2. The van der Waals surface area contributed by atoms with Crippen LogP contribution in [0.1, 0.15) is 47.5 Å². The Morgan fingerprint density at radius 1 is 1.15 bits per heavy atom. The van der Waals surface area contributed by atoms with Crippen molar-refractivity contribution >= 4 is 27.5 Å². The Labute approximate surface area is 202 Å². The molecule has 2 heterocycles. The number of sulfonamides is 1. The van der Waals surface area contributed by atoms with Gasteiger partial charge in [0.25, 0.3) is 0 Å². The number of nitrogens with zero attached hydrogens (tertiary/aromatic N) is 2. The largest absolute Gasteiger partial charge is 0.489 e. The Bertz CT molecular complexity index is 996. The minimum Gasteiger partial charge on any atom is -0.489 e. The highest BCUT2D eigenvalue weighted by atomic mass is 32.2. The number of carbonyl (C=O) groups excluding carboxylic acids is 2. The average molecular weight is 496 g/mol. The number of piperidine rings is 1. The molecule has 190 valence electrons. The van der Waals surface area contributed by atoms with Gasteiger partial charge in [0, 0.05) is 31.6 Å². The zero-order valence-electron chi connectivity index (χ0n) is 20.8. The molecule has 2 amide bonds. The normalized spacial score (nSPS) is 20.3. The summed E-state index contributed by atoms with van der Waals surface area (Å²) in [5.74, 6) is -0.206. The van der Waals surface area contributed by atoms with Crippen LogP contribution in [0.2, 0.25) is 0 Å². The van der Waals surface area contributed by atoms with E-state index in [4.69, 9.17) is 9.47 Å². The van der Waals surface area contributed by atoms with Gasteiger partial charge in [0.15, 0.2) is 0 Å². The van der Waals surface area contributed by atoms with Crippen LogP contribution in [0.4, 0.5) is 5.69 Å². The van der Waals surface area contributed by atoms with Crippen LogP contribution in [0.3, 0.4) is 0 Å². The number of anilines is 1. The van der Waals surface area contributed by atoms with Gasteiger partial charge in [-0.15, -0.1) is 0 Å². The standard InChI is InChI=1S/C24H37N3O6S/c1-17(2)33-21-9-8-19(34(30,31)27-11-13-32-14-12-27)15-20(21)25-22(28)18-7-6-10-26(16-18)23(29)24(3,4)5/h8-9,15,17-18H,6-7,10-14,16H2,1-5H3,(H,25,28).